The lowest BCUT2D eigenvalue weighted by atomic mass is 9.96. The van der Waals surface area contributed by atoms with Gasteiger partial charge >= 0.3 is 0 Å². The molecule has 0 aliphatic carbocycles. The van der Waals surface area contributed by atoms with E-state index in [9.17, 15) is 9.59 Å². The minimum atomic E-state index is -0.266. The van der Waals surface area contributed by atoms with E-state index in [1.807, 2.05) is 11.0 Å². The Bertz CT molecular complexity index is 784. The molecule has 2 aromatic rings. The van der Waals surface area contributed by atoms with Gasteiger partial charge in [-0.2, -0.15) is 0 Å². The van der Waals surface area contributed by atoms with Crippen LogP contribution in [-0.2, 0) is 4.79 Å². The van der Waals surface area contributed by atoms with Gasteiger partial charge in [0.1, 0.15) is 0 Å². The van der Waals surface area contributed by atoms with Crippen molar-refractivity contribution in [2.24, 2.45) is 5.41 Å². The van der Waals surface area contributed by atoms with Crippen LogP contribution in [0.15, 0.2) is 36.9 Å². The molecule has 1 N–H and O–H groups in total. The molecule has 0 radical (unpaired) electrons. The number of nitrogens with one attached hydrogen (secondary N) is 1. The van der Waals surface area contributed by atoms with Crippen LogP contribution in [0.25, 0.3) is 11.4 Å². The molecule has 1 atom stereocenters. The first-order valence-corrected chi connectivity index (χ1v) is 8.63. The van der Waals surface area contributed by atoms with Crippen molar-refractivity contribution in [3.63, 3.8) is 0 Å². The minimum absolute atomic E-state index is 0.0323. The molecule has 0 aromatic carbocycles. The van der Waals surface area contributed by atoms with Gasteiger partial charge < -0.3 is 10.2 Å². The number of rotatable bonds is 4. The lowest BCUT2D eigenvalue weighted by Gasteiger charge is -2.26. The molecule has 1 saturated heterocycles. The smallest absolute Gasteiger partial charge is 0.254 e. The van der Waals surface area contributed by atoms with Gasteiger partial charge in [-0.1, -0.05) is 20.8 Å². The highest BCUT2D eigenvalue weighted by molar-refractivity contribution is 5.94. The fraction of sp³-hybridized carbons (Fsp3) is 0.421. The SMILES string of the molecule is CC(C)(C)CN1CC(NC(=O)c2cnc(-c3cccnc3)nc2)CC1=O. The second-order valence-corrected chi connectivity index (χ2v) is 7.75. The Balaban J connectivity index is 1.61. The van der Waals surface area contributed by atoms with Gasteiger partial charge in [-0.3, -0.25) is 14.6 Å². The molecule has 2 amide bonds. The lowest BCUT2D eigenvalue weighted by Crippen LogP contribution is -2.39. The maximum atomic E-state index is 12.4. The molecule has 3 heterocycles. The summed E-state index contributed by atoms with van der Waals surface area (Å²) in [5.74, 6) is 0.327. The zero-order valence-corrected chi connectivity index (χ0v) is 15.3. The molecule has 0 saturated carbocycles. The Kier molecular flexibility index (Phi) is 4.97. The number of hydrogen-bond acceptors (Lipinski definition) is 5. The number of hydrogen-bond donors (Lipinski definition) is 1. The van der Waals surface area contributed by atoms with Crippen LogP contribution in [0.2, 0.25) is 0 Å². The van der Waals surface area contributed by atoms with E-state index in [4.69, 9.17) is 0 Å². The number of amides is 2. The quantitative estimate of drug-likeness (QED) is 0.907. The fourth-order valence-electron chi connectivity index (χ4n) is 2.95. The van der Waals surface area contributed by atoms with Crippen molar-refractivity contribution in [1.29, 1.82) is 0 Å². The normalized spacial score (nSPS) is 17.4. The fourth-order valence-corrected chi connectivity index (χ4v) is 2.95. The van der Waals surface area contributed by atoms with Crippen LogP contribution in [0.1, 0.15) is 37.6 Å². The summed E-state index contributed by atoms with van der Waals surface area (Å²) in [6.07, 6.45) is 6.67. The maximum absolute atomic E-state index is 12.4. The summed E-state index contributed by atoms with van der Waals surface area (Å²) >= 11 is 0. The molecule has 26 heavy (non-hydrogen) atoms. The van der Waals surface area contributed by atoms with Gasteiger partial charge in [0.15, 0.2) is 5.82 Å². The average Bonchev–Trinajstić information content (AvgIpc) is 2.93. The number of aromatic nitrogens is 3. The molecule has 136 valence electrons. The highest BCUT2D eigenvalue weighted by atomic mass is 16.2. The summed E-state index contributed by atoms with van der Waals surface area (Å²) in [5.41, 5.74) is 1.20. The molecule has 0 bridgehead atoms. The first kappa shape index (κ1) is 18.0. The van der Waals surface area contributed by atoms with Crippen LogP contribution in [0.5, 0.6) is 0 Å². The van der Waals surface area contributed by atoms with E-state index in [1.54, 1.807) is 18.5 Å². The second-order valence-electron chi connectivity index (χ2n) is 7.75. The van der Waals surface area contributed by atoms with Crippen LogP contribution >= 0.6 is 0 Å². The lowest BCUT2D eigenvalue weighted by molar-refractivity contribution is -0.128. The van der Waals surface area contributed by atoms with Crippen molar-refractivity contribution >= 4 is 11.8 Å². The van der Waals surface area contributed by atoms with E-state index in [2.05, 4.69) is 41.0 Å². The predicted molar refractivity (Wildman–Crippen MR) is 97.2 cm³/mol. The molecular weight excluding hydrogens is 330 g/mol. The van der Waals surface area contributed by atoms with Crippen LogP contribution < -0.4 is 5.32 Å². The topological polar surface area (TPSA) is 88.1 Å². The van der Waals surface area contributed by atoms with E-state index in [-0.39, 0.29) is 23.3 Å². The van der Waals surface area contributed by atoms with Gasteiger partial charge in [0.25, 0.3) is 5.91 Å². The highest BCUT2D eigenvalue weighted by Crippen LogP contribution is 2.20. The van der Waals surface area contributed by atoms with E-state index < -0.39 is 0 Å². The Morgan fingerprint density at radius 1 is 1.27 bits per heavy atom. The maximum Gasteiger partial charge on any atom is 0.254 e. The number of nitrogens with zero attached hydrogens (tertiary/aromatic N) is 4. The third-order valence-corrected chi connectivity index (χ3v) is 4.05. The van der Waals surface area contributed by atoms with E-state index in [1.165, 1.54) is 12.4 Å². The van der Waals surface area contributed by atoms with Crippen molar-refractivity contribution in [3.8, 4) is 11.4 Å². The Morgan fingerprint density at radius 3 is 2.62 bits per heavy atom. The second kappa shape index (κ2) is 7.19. The number of carbonyl (C=O) groups excluding carboxylic acids is 2. The standard InChI is InChI=1S/C19H23N5O2/c1-19(2,3)12-24-11-15(7-16(24)25)23-18(26)14-9-21-17(22-10-14)13-5-4-6-20-8-13/h4-6,8-10,15H,7,11-12H2,1-3H3,(H,23,26). The monoisotopic (exact) mass is 353 g/mol. The molecule has 7 heteroatoms. The van der Waals surface area contributed by atoms with Gasteiger partial charge in [-0.15, -0.1) is 0 Å². The van der Waals surface area contributed by atoms with Crippen molar-refractivity contribution < 1.29 is 9.59 Å². The third kappa shape index (κ3) is 4.41. The Labute approximate surface area is 152 Å². The molecule has 1 aliphatic rings. The predicted octanol–water partition coefficient (Wildman–Crippen LogP) is 1.92. The average molecular weight is 353 g/mol. The summed E-state index contributed by atoms with van der Waals surface area (Å²) in [5, 5.41) is 2.91. The minimum Gasteiger partial charge on any atom is -0.347 e. The van der Waals surface area contributed by atoms with Gasteiger partial charge in [-0.05, 0) is 17.5 Å². The summed E-state index contributed by atoms with van der Waals surface area (Å²) < 4.78 is 0. The van der Waals surface area contributed by atoms with Crippen LogP contribution in [0, 0.1) is 5.41 Å². The van der Waals surface area contributed by atoms with Crippen molar-refractivity contribution in [1.82, 2.24) is 25.2 Å². The Hall–Kier alpha value is -2.83. The van der Waals surface area contributed by atoms with Crippen molar-refractivity contribution in [2.75, 3.05) is 13.1 Å². The zero-order valence-electron chi connectivity index (χ0n) is 15.3. The van der Waals surface area contributed by atoms with E-state index in [0.29, 0.717) is 30.9 Å². The first-order valence-electron chi connectivity index (χ1n) is 8.63. The summed E-state index contributed by atoms with van der Waals surface area (Å²) in [4.78, 5) is 38.9. The van der Waals surface area contributed by atoms with Gasteiger partial charge in [-0.25, -0.2) is 9.97 Å². The van der Waals surface area contributed by atoms with E-state index in [0.717, 1.165) is 5.56 Å². The number of carbonyl (C=O) groups is 2. The van der Waals surface area contributed by atoms with Crippen molar-refractivity contribution in [3.05, 3.63) is 42.5 Å². The Morgan fingerprint density at radius 2 is 2.00 bits per heavy atom. The molecule has 7 nitrogen and oxygen atoms in total. The zero-order chi connectivity index (χ0) is 18.7. The first-order chi connectivity index (χ1) is 12.3. The van der Waals surface area contributed by atoms with Crippen molar-refractivity contribution in [2.45, 2.75) is 33.2 Å². The number of pyridine rings is 1. The van der Waals surface area contributed by atoms with Gasteiger partial charge in [0, 0.05) is 49.9 Å². The molecule has 0 spiro atoms. The van der Waals surface area contributed by atoms with Crippen LogP contribution in [-0.4, -0.2) is 50.8 Å². The van der Waals surface area contributed by atoms with Gasteiger partial charge in [0.2, 0.25) is 5.91 Å². The molecule has 2 aromatic heterocycles. The summed E-state index contributed by atoms with van der Waals surface area (Å²) in [6, 6.07) is 3.48. The van der Waals surface area contributed by atoms with E-state index >= 15 is 0 Å². The molecular formula is C19H23N5O2. The van der Waals surface area contributed by atoms with Crippen LogP contribution in [0.4, 0.5) is 0 Å². The highest BCUT2D eigenvalue weighted by Gasteiger charge is 2.32. The third-order valence-electron chi connectivity index (χ3n) is 4.05. The summed E-state index contributed by atoms with van der Waals surface area (Å²) in [6.45, 7) is 7.49. The molecule has 1 fully saturated rings. The molecule has 1 aliphatic heterocycles. The number of likely N-dealkylation sites (tertiary alicyclic amines) is 1. The van der Waals surface area contributed by atoms with Gasteiger partial charge in [0.05, 0.1) is 11.6 Å². The summed E-state index contributed by atoms with van der Waals surface area (Å²) in [7, 11) is 0. The molecule has 1 unspecified atom stereocenters. The van der Waals surface area contributed by atoms with Crippen LogP contribution in [0.3, 0.4) is 0 Å². The molecule has 3 rings (SSSR count). The largest absolute Gasteiger partial charge is 0.347 e.